The van der Waals surface area contributed by atoms with Crippen LogP contribution in [0.25, 0.3) is 42.2 Å². The van der Waals surface area contributed by atoms with E-state index >= 15 is 0 Å². The number of benzene rings is 3. The van der Waals surface area contributed by atoms with Gasteiger partial charge >= 0.3 is 0 Å². The summed E-state index contributed by atoms with van der Waals surface area (Å²) in [5, 5.41) is 4.79. The molecule has 0 unspecified atom stereocenters. The first-order valence-electron chi connectivity index (χ1n) is 11.4. The lowest BCUT2D eigenvalue weighted by atomic mass is 9.82. The number of hydrogen-bond acceptors (Lipinski definition) is 2. The quantitative estimate of drug-likeness (QED) is 0.245. The second-order valence-corrected chi connectivity index (χ2v) is 11.3. The van der Waals surface area contributed by atoms with Gasteiger partial charge in [0.25, 0.3) is 5.92 Å². The standard InChI is InChI=1S/C29H25F2NS/c1-28(2,3)24-15-19(14-17-6-4-5-7-20(17)24)25-27-23(11-13-32-25)22-9-8-18-16-29(30,31)12-10-21(18)26(22)33-27/h4-9,11,13-15H,10,12,16H2,1-3H3. The molecule has 1 nitrogen and oxygen atoms in total. The summed E-state index contributed by atoms with van der Waals surface area (Å²) < 4.78 is 30.3. The maximum Gasteiger partial charge on any atom is 0.252 e. The number of alkyl halides is 2. The highest BCUT2D eigenvalue weighted by molar-refractivity contribution is 7.26. The first kappa shape index (κ1) is 20.7. The Kier molecular flexibility index (Phi) is 4.44. The minimum absolute atomic E-state index is 0.00598. The second-order valence-electron chi connectivity index (χ2n) is 10.2. The molecule has 3 aromatic carbocycles. The third-order valence-electron chi connectivity index (χ3n) is 6.89. The van der Waals surface area contributed by atoms with Gasteiger partial charge in [-0.2, -0.15) is 0 Å². The highest BCUT2D eigenvalue weighted by Crippen LogP contribution is 2.45. The van der Waals surface area contributed by atoms with Crippen molar-refractivity contribution in [3.05, 3.63) is 77.5 Å². The van der Waals surface area contributed by atoms with Crippen LogP contribution in [0.4, 0.5) is 8.78 Å². The fourth-order valence-electron chi connectivity index (χ4n) is 5.25. The molecule has 0 bridgehead atoms. The summed E-state index contributed by atoms with van der Waals surface area (Å²) in [4.78, 5) is 4.83. The van der Waals surface area contributed by atoms with Crippen LogP contribution >= 0.6 is 11.3 Å². The van der Waals surface area contributed by atoms with Gasteiger partial charge in [-0.25, -0.2) is 8.78 Å². The van der Waals surface area contributed by atoms with Crippen molar-refractivity contribution in [2.24, 2.45) is 0 Å². The van der Waals surface area contributed by atoms with Crippen LogP contribution in [0.5, 0.6) is 0 Å². The molecule has 0 saturated heterocycles. The molecule has 1 aliphatic carbocycles. The van der Waals surface area contributed by atoms with Crippen LogP contribution in [0, 0.1) is 0 Å². The van der Waals surface area contributed by atoms with Crippen LogP contribution in [-0.4, -0.2) is 10.9 Å². The largest absolute Gasteiger partial charge is 0.255 e. The molecular formula is C29H25F2NS. The number of rotatable bonds is 1. The molecule has 2 aromatic heterocycles. The average Bonchev–Trinajstić information content (AvgIpc) is 3.16. The molecule has 0 radical (unpaired) electrons. The molecule has 6 rings (SSSR count). The number of hydrogen-bond donors (Lipinski definition) is 0. The van der Waals surface area contributed by atoms with Crippen molar-refractivity contribution in [1.29, 1.82) is 0 Å². The first-order valence-corrected chi connectivity index (χ1v) is 12.3. The molecule has 1 aliphatic rings. The Bertz CT molecular complexity index is 1560. The number of aromatic nitrogens is 1. The van der Waals surface area contributed by atoms with Gasteiger partial charge in [-0.05, 0) is 57.5 Å². The third kappa shape index (κ3) is 3.34. The van der Waals surface area contributed by atoms with Crippen molar-refractivity contribution >= 4 is 42.3 Å². The molecule has 33 heavy (non-hydrogen) atoms. The Balaban J connectivity index is 1.62. The van der Waals surface area contributed by atoms with Crippen molar-refractivity contribution < 1.29 is 8.78 Å². The lowest BCUT2D eigenvalue weighted by molar-refractivity contribution is -0.0120. The van der Waals surface area contributed by atoms with E-state index < -0.39 is 5.92 Å². The highest BCUT2D eigenvalue weighted by Gasteiger charge is 2.35. The van der Waals surface area contributed by atoms with Gasteiger partial charge in [0, 0.05) is 40.1 Å². The fraction of sp³-hybridized carbons (Fsp3) is 0.276. The van der Waals surface area contributed by atoms with Crippen molar-refractivity contribution in [1.82, 2.24) is 4.98 Å². The maximum absolute atomic E-state index is 14.0. The van der Waals surface area contributed by atoms with Gasteiger partial charge in [-0.3, -0.25) is 4.98 Å². The van der Waals surface area contributed by atoms with Gasteiger partial charge in [-0.1, -0.05) is 57.2 Å². The first-order chi connectivity index (χ1) is 15.7. The summed E-state index contributed by atoms with van der Waals surface area (Å²) in [5.74, 6) is -2.60. The number of pyridine rings is 1. The molecule has 0 N–H and O–H groups in total. The lowest BCUT2D eigenvalue weighted by Gasteiger charge is -2.24. The molecule has 0 atom stereocenters. The van der Waals surface area contributed by atoms with Crippen molar-refractivity contribution in [3.8, 4) is 11.3 Å². The number of thiophene rings is 1. The Morgan fingerprint density at radius 3 is 2.52 bits per heavy atom. The number of aryl methyl sites for hydroxylation is 1. The second kappa shape index (κ2) is 7.07. The molecule has 0 amide bonds. The molecule has 0 spiro atoms. The van der Waals surface area contributed by atoms with Crippen LogP contribution < -0.4 is 0 Å². The predicted octanol–water partition coefficient (Wildman–Crippen LogP) is 8.69. The summed E-state index contributed by atoms with van der Waals surface area (Å²) in [6, 6.07) is 19.0. The molecule has 0 saturated carbocycles. The summed E-state index contributed by atoms with van der Waals surface area (Å²) >= 11 is 1.71. The molecule has 4 heteroatoms. The van der Waals surface area contributed by atoms with Gasteiger partial charge < -0.3 is 0 Å². The van der Waals surface area contributed by atoms with E-state index in [-0.39, 0.29) is 18.3 Å². The van der Waals surface area contributed by atoms with Gasteiger partial charge in [-0.15, -0.1) is 11.3 Å². The normalized spacial score (nSPS) is 15.9. The van der Waals surface area contributed by atoms with Gasteiger partial charge in [0.1, 0.15) is 0 Å². The SMILES string of the molecule is CC(C)(C)c1cc(-c2nccc3c2sc2c4c(ccc23)CC(F)(F)CC4)cc2ccccc12. The minimum Gasteiger partial charge on any atom is -0.255 e. The van der Waals surface area contributed by atoms with Crippen molar-refractivity contribution in [3.63, 3.8) is 0 Å². The van der Waals surface area contributed by atoms with Gasteiger partial charge in [0.2, 0.25) is 0 Å². The van der Waals surface area contributed by atoms with Crippen LogP contribution in [0.15, 0.2) is 60.8 Å². The maximum atomic E-state index is 14.0. The molecule has 166 valence electrons. The Morgan fingerprint density at radius 1 is 0.909 bits per heavy atom. The van der Waals surface area contributed by atoms with Crippen molar-refractivity contribution in [2.45, 2.75) is 51.4 Å². The van der Waals surface area contributed by atoms with E-state index in [4.69, 9.17) is 4.98 Å². The van der Waals surface area contributed by atoms with Crippen molar-refractivity contribution in [2.75, 3.05) is 0 Å². The zero-order valence-corrected chi connectivity index (χ0v) is 19.8. The van der Waals surface area contributed by atoms with Crippen LogP contribution in [0.2, 0.25) is 0 Å². The number of fused-ring (bicyclic) bond motifs is 6. The van der Waals surface area contributed by atoms with E-state index in [1.54, 1.807) is 11.3 Å². The summed E-state index contributed by atoms with van der Waals surface area (Å²) in [5.41, 5.74) is 5.26. The van der Waals surface area contributed by atoms with E-state index in [0.717, 1.165) is 42.6 Å². The summed E-state index contributed by atoms with van der Waals surface area (Å²) in [7, 11) is 0. The molecule has 0 fully saturated rings. The molecule has 5 aromatic rings. The Labute approximate surface area is 196 Å². The Hall–Kier alpha value is -2.85. The Morgan fingerprint density at radius 2 is 1.70 bits per heavy atom. The lowest BCUT2D eigenvalue weighted by Crippen LogP contribution is -2.25. The fourth-order valence-corrected chi connectivity index (χ4v) is 6.65. The third-order valence-corrected chi connectivity index (χ3v) is 8.18. The van der Waals surface area contributed by atoms with E-state index in [9.17, 15) is 8.78 Å². The molecule has 2 heterocycles. The monoisotopic (exact) mass is 457 g/mol. The van der Waals surface area contributed by atoms with E-state index in [0.29, 0.717) is 6.42 Å². The summed E-state index contributed by atoms with van der Waals surface area (Å²) in [6.07, 6.45) is 2.08. The zero-order valence-electron chi connectivity index (χ0n) is 19.0. The van der Waals surface area contributed by atoms with Gasteiger partial charge in [0.15, 0.2) is 0 Å². The minimum atomic E-state index is -2.60. The van der Waals surface area contributed by atoms with Crippen LogP contribution in [0.3, 0.4) is 0 Å². The number of halogens is 2. The molecular weight excluding hydrogens is 432 g/mol. The number of nitrogens with zero attached hydrogens (tertiary/aromatic N) is 1. The van der Waals surface area contributed by atoms with E-state index in [1.807, 2.05) is 18.3 Å². The van der Waals surface area contributed by atoms with Gasteiger partial charge in [0.05, 0.1) is 10.4 Å². The van der Waals surface area contributed by atoms with Crippen LogP contribution in [0.1, 0.15) is 43.9 Å². The smallest absolute Gasteiger partial charge is 0.252 e. The molecule has 0 aliphatic heterocycles. The van der Waals surface area contributed by atoms with Crippen LogP contribution in [-0.2, 0) is 18.3 Å². The topological polar surface area (TPSA) is 12.9 Å². The highest BCUT2D eigenvalue weighted by atomic mass is 32.1. The summed E-state index contributed by atoms with van der Waals surface area (Å²) in [6.45, 7) is 6.73. The zero-order chi connectivity index (χ0) is 23.0. The van der Waals surface area contributed by atoms with E-state index in [2.05, 4.69) is 63.2 Å². The predicted molar refractivity (Wildman–Crippen MR) is 136 cm³/mol. The average molecular weight is 458 g/mol. The van der Waals surface area contributed by atoms with E-state index in [1.165, 1.54) is 16.3 Å².